The minimum atomic E-state index is -0.286. The van der Waals surface area contributed by atoms with Crippen LogP contribution in [0.5, 0.6) is 11.5 Å². The van der Waals surface area contributed by atoms with Gasteiger partial charge in [0, 0.05) is 22.8 Å². The summed E-state index contributed by atoms with van der Waals surface area (Å²) in [6, 6.07) is 11.5. The average Bonchev–Trinajstić information content (AvgIpc) is 3.35. The first-order chi connectivity index (χ1) is 13.7. The lowest BCUT2D eigenvalue weighted by Gasteiger charge is -2.18. The van der Waals surface area contributed by atoms with Crippen LogP contribution in [0.2, 0.25) is 0 Å². The van der Waals surface area contributed by atoms with E-state index in [9.17, 15) is 4.79 Å². The maximum Gasteiger partial charge on any atom is 0.277 e. The largest absolute Gasteiger partial charge is 0.486 e. The maximum atomic E-state index is 12.6. The lowest BCUT2D eigenvalue weighted by Crippen LogP contribution is -2.15. The zero-order valence-corrected chi connectivity index (χ0v) is 15.8. The Bertz CT molecular complexity index is 1200. The Hall–Kier alpha value is -3.39. The zero-order valence-electron chi connectivity index (χ0n) is 15.0. The van der Waals surface area contributed by atoms with Crippen LogP contribution in [0.25, 0.3) is 16.9 Å². The van der Waals surface area contributed by atoms with Gasteiger partial charge in [0.1, 0.15) is 24.6 Å². The first-order valence-electron chi connectivity index (χ1n) is 8.79. The molecule has 7 nitrogen and oxygen atoms in total. The summed E-state index contributed by atoms with van der Waals surface area (Å²) >= 11 is 1.37. The van der Waals surface area contributed by atoms with Crippen molar-refractivity contribution in [3.05, 3.63) is 59.4 Å². The molecule has 0 unspecified atom stereocenters. The summed E-state index contributed by atoms with van der Waals surface area (Å²) in [5, 5.41) is 5.24. The van der Waals surface area contributed by atoms with Gasteiger partial charge in [-0.2, -0.15) is 0 Å². The lowest BCUT2D eigenvalue weighted by atomic mass is 10.1. The van der Waals surface area contributed by atoms with E-state index >= 15 is 0 Å². The number of pyridine rings is 1. The molecule has 5 rings (SSSR count). The summed E-state index contributed by atoms with van der Waals surface area (Å²) in [6.07, 6.45) is 1.73. The number of fused-ring (bicyclic) bond motifs is 2. The Morgan fingerprint density at radius 1 is 1.14 bits per heavy atom. The molecular formula is C20H16N4O3S. The first kappa shape index (κ1) is 16.8. The van der Waals surface area contributed by atoms with Gasteiger partial charge < -0.3 is 13.9 Å². The number of hydrogen-bond acceptors (Lipinski definition) is 6. The molecule has 0 saturated carbocycles. The van der Waals surface area contributed by atoms with Gasteiger partial charge in [-0.3, -0.25) is 10.1 Å². The molecule has 0 atom stereocenters. The summed E-state index contributed by atoms with van der Waals surface area (Å²) in [7, 11) is 0. The molecule has 0 saturated heterocycles. The number of thiazole rings is 1. The van der Waals surface area contributed by atoms with Crippen LogP contribution >= 0.6 is 11.3 Å². The fraction of sp³-hybridized carbons (Fsp3) is 0.150. The predicted octanol–water partition coefficient (Wildman–Crippen LogP) is 3.79. The standard InChI is InChI=1S/C20H16N4O3S/c1-12-3-2-4-18-21-14(10-24(12)18)19(25)23-20-22-15(11-28-20)13-5-6-16-17(9-13)27-8-7-26-16/h2-6,9-11H,7-8H2,1H3,(H,22,23,25). The number of nitrogens with one attached hydrogen (secondary N) is 1. The van der Waals surface area contributed by atoms with Crippen molar-refractivity contribution in [3.8, 4) is 22.8 Å². The van der Waals surface area contributed by atoms with Crippen molar-refractivity contribution in [2.75, 3.05) is 18.5 Å². The number of rotatable bonds is 3. The van der Waals surface area contributed by atoms with Crippen LogP contribution in [0.1, 0.15) is 16.2 Å². The molecule has 3 aromatic heterocycles. The van der Waals surface area contributed by atoms with Gasteiger partial charge in [0.25, 0.3) is 5.91 Å². The number of nitrogens with zero attached hydrogens (tertiary/aromatic N) is 3. The van der Waals surface area contributed by atoms with Crippen molar-refractivity contribution >= 4 is 28.0 Å². The number of ether oxygens (including phenoxy) is 2. The molecule has 28 heavy (non-hydrogen) atoms. The molecule has 4 heterocycles. The highest BCUT2D eigenvalue weighted by Gasteiger charge is 2.16. The quantitative estimate of drug-likeness (QED) is 0.574. The highest BCUT2D eigenvalue weighted by Crippen LogP contribution is 2.35. The number of aromatic nitrogens is 3. The molecule has 1 aliphatic rings. The van der Waals surface area contributed by atoms with Crippen LogP contribution in [0, 0.1) is 6.92 Å². The highest BCUT2D eigenvalue weighted by atomic mass is 32.1. The molecule has 0 bridgehead atoms. The molecule has 1 amide bonds. The third-order valence-electron chi connectivity index (χ3n) is 4.49. The smallest absolute Gasteiger partial charge is 0.277 e. The van der Waals surface area contributed by atoms with Crippen molar-refractivity contribution in [2.24, 2.45) is 0 Å². The van der Waals surface area contributed by atoms with E-state index in [0.29, 0.717) is 29.8 Å². The Balaban J connectivity index is 1.37. The molecule has 0 radical (unpaired) electrons. The summed E-state index contributed by atoms with van der Waals surface area (Å²) < 4.78 is 13.1. The first-order valence-corrected chi connectivity index (χ1v) is 9.67. The predicted molar refractivity (Wildman–Crippen MR) is 106 cm³/mol. The number of amides is 1. The second kappa shape index (κ2) is 6.65. The van der Waals surface area contributed by atoms with Crippen molar-refractivity contribution < 1.29 is 14.3 Å². The second-order valence-electron chi connectivity index (χ2n) is 6.37. The van der Waals surface area contributed by atoms with Crippen LogP contribution < -0.4 is 14.8 Å². The molecule has 4 aromatic rings. The normalized spacial score (nSPS) is 12.9. The van der Waals surface area contributed by atoms with E-state index in [1.165, 1.54) is 11.3 Å². The number of carbonyl (C=O) groups is 1. The van der Waals surface area contributed by atoms with E-state index in [2.05, 4.69) is 15.3 Å². The summed E-state index contributed by atoms with van der Waals surface area (Å²) in [5.74, 6) is 1.16. The minimum Gasteiger partial charge on any atom is -0.486 e. The van der Waals surface area contributed by atoms with Crippen molar-refractivity contribution in [1.29, 1.82) is 0 Å². The maximum absolute atomic E-state index is 12.6. The summed E-state index contributed by atoms with van der Waals surface area (Å²) in [5.41, 5.74) is 3.78. The number of anilines is 1. The van der Waals surface area contributed by atoms with Gasteiger partial charge in [0.05, 0.1) is 5.69 Å². The van der Waals surface area contributed by atoms with Crippen molar-refractivity contribution in [1.82, 2.24) is 14.4 Å². The fourth-order valence-electron chi connectivity index (χ4n) is 3.09. The Labute approximate surface area is 164 Å². The van der Waals surface area contributed by atoms with Crippen LogP contribution in [-0.4, -0.2) is 33.5 Å². The number of benzene rings is 1. The molecule has 1 aliphatic heterocycles. The minimum absolute atomic E-state index is 0.286. The van der Waals surface area contributed by atoms with Gasteiger partial charge in [-0.05, 0) is 37.3 Å². The van der Waals surface area contributed by atoms with E-state index < -0.39 is 0 Å². The number of imidazole rings is 1. The van der Waals surface area contributed by atoms with Gasteiger partial charge in [0.15, 0.2) is 16.6 Å². The molecule has 1 aromatic carbocycles. The van der Waals surface area contributed by atoms with E-state index in [4.69, 9.17) is 9.47 Å². The Kier molecular flexibility index (Phi) is 3.98. The highest BCUT2D eigenvalue weighted by molar-refractivity contribution is 7.14. The van der Waals surface area contributed by atoms with Crippen LogP contribution in [-0.2, 0) is 0 Å². The summed E-state index contributed by atoms with van der Waals surface area (Å²) in [4.78, 5) is 21.5. The molecule has 140 valence electrons. The number of carbonyl (C=O) groups excluding carboxylic acids is 1. The second-order valence-corrected chi connectivity index (χ2v) is 7.23. The van der Waals surface area contributed by atoms with Gasteiger partial charge in [0.2, 0.25) is 0 Å². The molecule has 0 fully saturated rings. The average molecular weight is 392 g/mol. The third-order valence-corrected chi connectivity index (χ3v) is 5.25. The van der Waals surface area contributed by atoms with Crippen LogP contribution in [0.4, 0.5) is 5.13 Å². The molecule has 1 N–H and O–H groups in total. The SMILES string of the molecule is Cc1cccc2nc(C(=O)Nc3nc(-c4ccc5c(c4)OCCO5)cs3)cn12. The fourth-order valence-corrected chi connectivity index (χ4v) is 3.80. The van der Waals surface area contributed by atoms with E-state index in [1.807, 2.05) is 53.1 Å². The Morgan fingerprint density at radius 2 is 2.00 bits per heavy atom. The van der Waals surface area contributed by atoms with Gasteiger partial charge in [-0.15, -0.1) is 11.3 Å². The molecule has 0 spiro atoms. The zero-order chi connectivity index (χ0) is 19.1. The van der Waals surface area contributed by atoms with E-state index in [-0.39, 0.29) is 5.91 Å². The molecule has 8 heteroatoms. The lowest BCUT2D eigenvalue weighted by molar-refractivity contribution is 0.102. The number of hydrogen-bond donors (Lipinski definition) is 1. The van der Waals surface area contributed by atoms with Gasteiger partial charge >= 0.3 is 0 Å². The Morgan fingerprint density at radius 3 is 2.86 bits per heavy atom. The third kappa shape index (κ3) is 2.97. The van der Waals surface area contributed by atoms with Crippen molar-refractivity contribution in [2.45, 2.75) is 6.92 Å². The van der Waals surface area contributed by atoms with E-state index in [0.717, 1.165) is 28.3 Å². The summed E-state index contributed by atoms with van der Waals surface area (Å²) in [6.45, 7) is 3.06. The van der Waals surface area contributed by atoms with E-state index in [1.54, 1.807) is 6.20 Å². The molecule has 0 aliphatic carbocycles. The van der Waals surface area contributed by atoms with Crippen molar-refractivity contribution in [3.63, 3.8) is 0 Å². The van der Waals surface area contributed by atoms with Crippen LogP contribution in [0.3, 0.4) is 0 Å². The van der Waals surface area contributed by atoms with Gasteiger partial charge in [-0.25, -0.2) is 9.97 Å². The van der Waals surface area contributed by atoms with Crippen LogP contribution in [0.15, 0.2) is 48.0 Å². The topological polar surface area (TPSA) is 77.8 Å². The number of aryl methyl sites for hydroxylation is 1. The van der Waals surface area contributed by atoms with Gasteiger partial charge in [-0.1, -0.05) is 6.07 Å². The molecular weight excluding hydrogens is 376 g/mol. The monoisotopic (exact) mass is 392 g/mol.